The van der Waals surface area contributed by atoms with Gasteiger partial charge in [-0.3, -0.25) is 14.1 Å². The molecule has 0 saturated heterocycles. The Kier molecular flexibility index (Phi) is 5.36. The normalized spacial score (nSPS) is 16.3. The van der Waals surface area contributed by atoms with E-state index in [2.05, 4.69) is 9.97 Å². The first-order valence-corrected chi connectivity index (χ1v) is 11.5. The summed E-state index contributed by atoms with van der Waals surface area (Å²) in [5.41, 5.74) is 6.28. The summed E-state index contributed by atoms with van der Waals surface area (Å²) in [5, 5.41) is 0.784. The van der Waals surface area contributed by atoms with E-state index in [0.29, 0.717) is 28.9 Å². The number of pyridine rings is 1. The Balaban J connectivity index is 1.97. The molecule has 1 aromatic carbocycles. The fraction of sp³-hybridized carbons (Fsp3) is 0.286. The molecule has 31 heavy (non-hydrogen) atoms. The third-order valence-electron chi connectivity index (χ3n) is 5.94. The number of benzene rings is 1. The molecule has 10 heteroatoms. The fourth-order valence-corrected chi connectivity index (χ4v) is 5.80. The summed E-state index contributed by atoms with van der Waals surface area (Å²) in [7, 11) is -4.56. The second kappa shape index (κ2) is 7.74. The topological polar surface area (TPSA) is 143 Å². The van der Waals surface area contributed by atoms with Crippen LogP contribution in [0.1, 0.15) is 63.9 Å². The number of H-pyrrole nitrogens is 1. The first-order chi connectivity index (χ1) is 14.6. The molecule has 2 aromatic heterocycles. The van der Waals surface area contributed by atoms with Crippen molar-refractivity contribution in [3.8, 4) is 0 Å². The molecule has 0 radical (unpaired) electrons. The zero-order valence-corrected chi connectivity index (χ0v) is 18.0. The number of hydrogen-bond donors (Lipinski definition) is 3. The molecule has 3 aromatic rings. The van der Waals surface area contributed by atoms with Crippen LogP contribution in [0.3, 0.4) is 0 Å². The minimum atomic E-state index is -4.56. The van der Waals surface area contributed by atoms with Crippen molar-refractivity contribution in [2.24, 2.45) is 5.73 Å². The third-order valence-corrected chi connectivity index (χ3v) is 7.76. The average molecular weight is 462 g/mol. The second-order valence-corrected chi connectivity index (χ2v) is 9.90. The number of halogens is 1. The summed E-state index contributed by atoms with van der Waals surface area (Å²) in [6.07, 6.45) is 5.22. The number of amides is 1. The number of nitrogens with zero attached hydrogens (tertiary/aromatic N) is 1. The average Bonchev–Trinajstić information content (AvgIpc) is 3.15. The Hall–Kier alpha value is -2.75. The van der Waals surface area contributed by atoms with Crippen LogP contribution in [0, 0.1) is 0 Å². The van der Waals surface area contributed by atoms with Crippen LogP contribution in [0.15, 0.2) is 36.7 Å². The van der Waals surface area contributed by atoms with E-state index >= 15 is 0 Å². The zero-order valence-electron chi connectivity index (χ0n) is 16.4. The van der Waals surface area contributed by atoms with Crippen LogP contribution in [0.4, 0.5) is 0 Å². The molecular weight excluding hydrogens is 442 g/mol. The molecule has 1 amide bonds. The lowest BCUT2D eigenvalue weighted by molar-refractivity contribution is 0.1000. The number of hydrogen-bond acceptors (Lipinski definition) is 5. The number of aromatic nitrogens is 2. The summed E-state index contributed by atoms with van der Waals surface area (Å²) in [6.45, 7) is 0. The lowest BCUT2D eigenvalue weighted by Crippen LogP contribution is -2.39. The van der Waals surface area contributed by atoms with Crippen LogP contribution in [0.25, 0.3) is 11.0 Å². The second-order valence-electron chi connectivity index (χ2n) is 7.74. The molecule has 1 aliphatic carbocycles. The van der Waals surface area contributed by atoms with Gasteiger partial charge in [0.1, 0.15) is 10.4 Å². The van der Waals surface area contributed by atoms with Crippen molar-refractivity contribution in [3.63, 3.8) is 0 Å². The zero-order chi connectivity index (χ0) is 22.4. The number of carbonyl (C=O) groups excluding carboxylic acids is 2. The number of aromatic amines is 1. The van der Waals surface area contributed by atoms with Gasteiger partial charge in [-0.1, -0.05) is 36.9 Å². The molecular formula is C21H20ClN3O5S. The number of rotatable bonds is 5. The molecule has 1 fully saturated rings. The van der Waals surface area contributed by atoms with Gasteiger partial charge in [0.25, 0.3) is 10.1 Å². The van der Waals surface area contributed by atoms with Gasteiger partial charge in [0.15, 0.2) is 5.78 Å². The minimum Gasteiger partial charge on any atom is -0.366 e. The van der Waals surface area contributed by atoms with Crippen LogP contribution in [-0.2, 0) is 14.9 Å². The van der Waals surface area contributed by atoms with Crippen molar-refractivity contribution in [1.29, 1.82) is 0 Å². The summed E-state index contributed by atoms with van der Waals surface area (Å²) in [5.74, 6) is -1.28. The largest absolute Gasteiger partial charge is 0.366 e. The molecule has 2 heterocycles. The smallest absolute Gasteiger partial charge is 0.274 e. The molecule has 0 atom stereocenters. The molecule has 0 unspecified atom stereocenters. The summed E-state index contributed by atoms with van der Waals surface area (Å²) in [4.78, 5) is 32.4. The van der Waals surface area contributed by atoms with E-state index in [1.54, 1.807) is 6.07 Å². The number of primary amides is 1. The minimum absolute atomic E-state index is 0.00306. The van der Waals surface area contributed by atoms with Gasteiger partial charge in [0.05, 0.1) is 5.02 Å². The molecule has 0 spiro atoms. The van der Waals surface area contributed by atoms with E-state index in [-0.39, 0.29) is 35.1 Å². The maximum absolute atomic E-state index is 13.6. The molecule has 4 N–H and O–H groups in total. The van der Waals surface area contributed by atoms with Gasteiger partial charge in [0, 0.05) is 34.5 Å². The molecule has 162 valence electrons. The Labute approximate surface area is 183 Å². The van der Waals surface area contributed by atoms with Gasteiger partial charge in [0.2, 0.25) is 5.91 Å². The maximum atomic E-state index is 13.6. The van der Waals surface area contributed by atoms with E-state index in [1.165, 1.54) is 30.6 Å². The van der Waals surface area contributed by atoms with Gasteiger partial charge in [-0.25, -0.2) is 4.98 Å². The van der Waals surface area contributed by atoms with E-state index in [9.17, 15) is 22.6 Å². The SMILES string of the molecule is NC(=O)c1ccc(C2(S(=O)(=O)O)CCCCC2)c(C(=O)c2c[nH]c3ncc(Cl)cc23)c1. The molecule has 0 aliphatic heterocycles. The maximum Gasteiger partial charge on any atom is 0.274 e. The van der Waals surface area contributed by atoms with Crippen LogP contribution in [0.5, 0.6) is 0 Å². The molecule has 8 nitrogen and oxygen atoms in total. The number of nitrogens with one attached hydrogen (secondary N) is 1. The lowest BCUT2D eigenvalue weighted by Gasteiger charge is -2.36. The van der Waals surface area contributed by atoms with Crippen LogP contribution in [0.2, 0.25) is 5.02 Å². The molecule has 1 aliphatic rings. The van der Waals surface area contributed by atoms with Gasteiger partial charge < -0.3 is 10.7 Å². The Bertz CT molecular complexity index is 1310. The first-order valence-electron chi connectivity index (χ1n) is 9.73. The highest BCUT2D eigenvalue weighted by atomic mass is 35.5. The lowest BCUT2D eigenvalue weighted by atomic mass is 9.79. The third kappa shape index (κ3) is 3.62. The standard InChI is InChI=1S/C21H20ClN3O5S/c22-13-9-14-16(11-25-20(14)24-10-13)18(26)15-8-12(19(23)27)4-5-17(15)21(31(28,29)30)6-2-1-3-7-21/h4-5,8-11H,1-3,6-7H2,(H2,23,27)(H,24,25)(H,28,29,30). The van der Waals surface area contributed by atoms with Crippen molar-refractivity contribution in [3.05, 3.63) is 63.9 Å². The molecule has 0 bridgehead atoms. The summed E-state index contributed by atoms with van der Waals surface area (Å²) >= 11 is 6.04. The van der Waals surface area contributed by atoms with Crippen LogP contribution >= 0.6 is 11.6 Å². The predicted octanol–water partition coefficient (Wildman–Crippen LogP) is 3.59. The van der Waals surface area contributed by atoms with Gasteiger partial charge in [-0.05, 0) is 36.6 Å². The Morgan fingerprint density at radius 1 is 1.13 bits per heavy atom. The van der Waals surface area contributed by atoms with Crippen molar-refractivity contribution < 1.29 is 22.6 Å². The molecule has 1 saturated carbocycles. The van der Waals surface area contributed by atoms with E-state index in [4.69, 9.17) is 17.3 Å². The van der Waals surface area contributed by atoms with E-state index in [0.717, 1.165) is 6.42 Å². The van der Waals surface area contributed by atoms with Crippen molar-refractivity contribution in [1.82, 2.24) is 9.97 Å². The van der Waals surface area contributed by atoms with Gasteiger partial charge in [-0.2, -0.15) is 8.42 Å². The van der Waals surface area contributed by atoms with Crippen molar-refractivity contribution in [2.75, 3.05) is 0 Å². The van der Waals surface area contributed by atoms with Crippen molar-refractivity contribution >= 4 is 44.4 Å². The number of ketones is 1. The van der Waals surface area contributed by atoms with E-state index in [1.807, 2.05) is 0 Å². The first kappa shape index (κ1) is 21.5. The highest BCUT2D eigenvalue weighted by Gasteiger charge is 2.47. The monoisotopic (exact) mass is 461 g/mol. The van der Waals surface area contributed by atoms with Crippen molar-refractivity contribution in [2.45, 2.75) is 36.9 Å². The fourth-order valence-electron chi connectivity index (χ4n) is 4.38. The van der Waals surface area contributed by atoms with Gasteiger partial charge in [-0.15, -0.1) is 0 Å². The van der Waals surface area contributed by atoms with Crippen LogP contribution in [-0.4, -0.2) is 34.6 Å². The molecule has 4 rings (SSSR count). The summed E-state index contributed by atoms with van der Waals surface area (Å²) in [6, 6.07) is 5.65. The van der Waals surface area contributed by atoms with Crippen LogP contribution < -0.4 is 5.73 Å². The highest BCUT2D eigenvalue weighted by molar-refractivity contribution is 7.86. The highest BCUT2D eigenvalue weighted by Crippen LogP contribution is 2.45. The quantitative estimate of drug-likeness (QED) is 0.391. The Morgan fingerprint density at radius 3 is 2.48 bits per heavy atom. The number of nitrogens with two attached hydrogens (primary N) is 1. The Morgan fingerprint density at radius 2 is 1.84 bits per heavy atom. The summed E-state index contributed by atoms with van der Waals surface area (Å²) < 4.78 is 33.7. The number of carbonyl (C=O) groups is 2. The van der Waals surface area contributed by atoms with E-state index < -0.39 is 26.6 Å². The number of fused-ring (bicyclic) bond motifs is 1. The van der Waals surface area contributed by atoms with Gasteiger partial charge >= 0.3 is 0 Å². The predicted molar refractivity (Wildman–Crippen MR) is 116 cm³/mol.